The maximum absolute atomic E-state index is 12.0. The van der Waals surface area contributed by atoms with Gasteiger partial charge in [-0.1, -0.05) is 18.2 Å². The van der Waals surface area contributed by atoms with E-state index in [1.807, 2.05) is 30.3 Å². The SMILES string of the molecule is Cc1nn(-c2ccccc2)c(COC(=O)C2CCNN2)c1C#N. The average Bonchev–Trinajstić information content (AvgIpc) is 3.21. The quantitative estimate of drug-likeness (QED) is 0.817. The molecule has 118 valence electrons. The van der Waals surface area contributed by atoms with Gasteiger partial charge in [-0.3, -0.25) is 10.2 Å². The molecule has 0 radical (unpaired) electrons. The monoisotopic (exact) mass is 311 g/mol. The van der Waals surface area contributed by atoms with Crippen LogP contribution in [0.1, 0.15) is 23.4 Å². The maximum atomic E-state index is 12.0. The molecule has 0 amide bonds. The Balaban J connectivity index is 1.85. The van der Waals surface area contributed by atoms with Crippen molar-refractivity contribution in [2.24, 2.45) is 0 Å². The van der Waals surface area contributed by atoms with Crippen LogP contribution in [0.3, 0.4) is 0 Å². The second kappa shape index (κ2) is 6.60. The number of hydrogen-bond donors (Lipinski definition) is 2. The number of carbonyl (C=O) groups excluding carboxylic acids is 1. The number of hydrogen-bond acceptors (Lipinski definition) is 6. The second-order valence-corrected chi connectivity index (χ2v) is 5.29. The van der Waals surface area contributed by atoms with Crippen molar-refractivity contribution in [3.05, 3.63) is 47.3 Å². The minimum absolute atomic E-state index is 0.00956. The summed E-state index contributed by atoms with van der Waals surface area (Å²) in [4.78, 5) is 12.0. The molecule has 0 spiro atoms. The molecule has 1 aliphatic rings. The lowest BCUT2D eigenvalue weighted by molar-refractivity contribution is -0.147. The van der Waals surface area contributed by atoms with Crippen molar-refractivity contribution in [1.29, 1.82) is 5.26 Å². The van der Waals surface area contributed by atoms with E-state index in [0.29, 0.717) is 23.4 Å². The third-order valence-corrected chi connectivity index (χ3v) is 3.74. The first kappa shape index (κ1) is 15.2. The maximum Gasteiger partial charge on any atom is 0.324 e. The van der Waals surface area contributed by atoms with E-state index in [2.05, 4.69) is 22.0 Å². The fourth-order valence-corrected chi connectivity index (χ4v) is 2.54. The topological polar surface area (TPSA) is 92.0 Å². The Morgan fingerprint density at radius 3 is 2.91 bits per heavy atom. The summed E-state index contributed by atoms with van der Waals surface area (Å²) in [6, 6.07) is 11.3. The Kier molecular flexibility index (Phi) is 4.37. The van der Waals surface area contributed by atoms with E-state index in [1.54, 1.807) is 11.6 Å². The molecule has 1 aliphatic heterocycles. The van der Waals surface area contributed by atoms with Gasteiger partial charge in [0.05, 0.1) is 17.1 Å². The molecular weight excluding hydrogens is 294 g/mol. The predicted octanol–water partition coefficient (Wildman–Crippen LogP) is 0.962. The number of hydrazine groups is 1. The highest BCUT2D eigenvalue weighted by atomic mass is 16.5. The molecule has 1 aromatic heterocycles. The molecule has 1 unspecified atom stereocenters. The molecule has 7 heteroatoms. The van der Waals surface area contributed by atoms with E-state index in [-0.39, 0.29) is 18.6 Å². The number of nitriles is 1. The van der Waals surface area contributed by atoms with E-state index in [0.717, 1.165) is 12.2 Å². The summed E-state index contributed by atoms with van der Waals surface area (Å²) >= 11 is 0. The molecule has 0 aliphatic carbocycles. The summed E-state index contributed by atoms with van der Waals surface area (Å²) in [5.74, 6) is -0.336. The summed E-state index contributed by atoms with van der Waals surface area (Å²) in [5, 5.41) is 13.8. The fourth-order valence-electron chi connectivity index (χ4n) is 2.54. The van der Waals surface area contributed by atoms with Crippen molar-refractivity contribution in [2.45, 2.75) is 26.0 Å². The summed E-state index contributed by atoms with van der Waals surface area (Å²) in [6.07, 6.45) is 0.681. The Bertz CT molecular complexity index is 742. The first-order valence-corrected chi connectivity index (χ1v) is 7.39. The Morgan fingerprint density at radius 1 is 1.48 bits per heavy atom. The van der Waals surface area contributed by atoms with E-state index in [9.17, 15) is 10.1 Å². The van der Waals surface area contributed by atoms with Crippen LogP contribution in [0.5, 0.6) is 0 Å². The number of nitrogens with one attached hydrogen (secondary N) is 2. The van der Waals surface area contributed by atoms with Crippen molar-refractivity contribution >= 4 is 5.97 Å². The lowest BCUT2D eigenvalue weighted by Crippen LogP contribution is -2.37. The molecule has 1 aromatic carbocycles. The highest BCUT2D eigenvalue weighted by Gasteiger charge is 2.25. The molecule has 7 nitrogen and oxygen atoms in total. The van der Waals surface area contributed by atoms with E-state index < -0.39 is 0 Å². The molecule has 3 rings (SSSR count). The molecule has 2 heterocycles. The van der Waals surface area contributed by atoms with Crippen molar-refractivity contribution in [3.63, 3.8) is 0 Å². The third-order valence-electron chi connectivity index (χ3n) is 3.74. The number of aromatic nitrogens is 2. The van der Waals surface area contributed by atoms with Crippen LogP contribution in [-0.2, 0) is 16.1 Å². The number of para-hydroxylation sites is 1. The molecule has 23 heavy (non-hydrogen) atoms. The minimum Gasteiger partial charge on any atom is -0.458 e. The van der Waals surface area contributed by atoms with Gasteiger partial charge >= 0.3 is 5.97 Å². The van der Waals surface area contributed by atoms with Gasteiger partial charge in [-0.15, -0.1) is 0 Å². The van der Waals surface area contributed by atoms with Gasteiger partial charge in [0.1, 0.15) is 24.3 Å². The van der Waals surface area contributed by atoms with Gasteiger partial charge in [0.25, 0.3) is 0 Å². The molecule has 1 saturated heterocycles. The van der Waals surface area contributed by atoms with Gasteiger partial charge in [0.2, 0.25) is 0 Å². The number of esters is 1. The van der Waals surface area contributed by atoms with Crippen molar-refractivity contribution in [1.82, 2.24) is 20.6 Å². The van der Waals surface area contributed by atoms with Crippen molar-refractivity contribution < 1.29 is 9.53 Å². The van der Waals surface area contributed by atoms with E-state index >= 15 is 0 Å². The van der Waals surface area contributed by atoms with Crippen LogP contribution in [0.2, 0.25) is 0 Å². The molecule has 0 bridgehead atoms. The van der Waals surface area contributed by atoms with Crippen LogP contribution in [0.25, 0.3) is 5.69 Å². The van der Waals surface area contributed by atoms with Crippen LogP contribution < -0.4 is 10.9 Å². The van der Waals surface area contributed by atoms with Crippen molar-refractivity contribution in [2.75, 3.05) is 6.54 Å². The fraction of sp³-hybridized carbons (Fsp3) is 0.312. The third kappa shape index (κ3) is 3.08. The smallest absolute Gasteiger partial charge is 0.324 e. The number of ether oxygens (including phenoxy) is 1. The Morgan fingerprint density at radius 2 is 2.26 bits per heavy atom. The molecular formula is C16H17N5O2. The van der Waals surface area contributed by atoms with Gasteiger partial charge in [-0.2, -0.15) is 10.4 Å². The Labute approximate surface area is 133 Å². The molecule has 1 fully saturated rings. The molecule has 0 saturated carbocycles. The normalized spacial score (nSPS) is 17.0. The number of carbonyl (C=O) groups is 1. The number of aryl methyl sites for hydroxylation is 1. The zero-order chi connectivity index (χ0) is 16.2. The molecule has 2 aromatic rings. The Hall–Kier alpha value is -2.69. The largest absolute Gasteiger partial charge is 0.458 e. The molecule has 2 N–H and O–H groups in total. The first-order chi connectivity index (χ1) is 11.2. The summed E-state index contributed by atoms with van der Waals surface area (Å²) in [6.45, 7) is 2.51. The molecule has 1 atom stereocenters. The lowest BCUT2D eigenvalue weighted by atomic mass is 10.2. The average molecular weight is 311 g/mol. The van der Waals surface area contributed by atoms with Gasteiger partial charge in [0.15, 0.2) is 0 Å². The van der Waals surface area contributed by atoms with Gasteiger partial charge < -0.3 is 4.74 Å². The van der Waals surface area contributed by atoms with E-state index in [4.69, 9.17) is 4.74 Å². The zero-order valence-electron chi connectivity index (χ0n) is 12.7. The van der Waals surface area contributed by atoms with Crippen LogP contribution >= 0.6 is 0 Å². The predicted molar refractivity (Wildman–Crippen MR) is 82.4 cm³/mol. The van der Waals surface area contributed by atoms with Crippen LogP contribution in [0, 0.1) is 18.3 Å². The summed E-state index contributed by atoms with van der Waals surface area (Å²) < 4.78 is 7.03. The van der Waals surface area contributed by atoms with Crippen LogP contribution in [0.4, 0.5) is 0 Å². The summed E-state index contributed by atoms with van der Waals surface area (Å²) in [5.41, 5.74) is 8.22. The van der Waals surface area contributed by atoms with Gasteiger partial charge in [-0.25, -0.2) is 10.1 Å². The number of rotatable bonds is 4. The summed E-state index contributed by atoms with van der Waals surface area (Å²) in [7, 11) is 0. The highest BCUT2D eigenvalue weighted by Crippen LogP contribution is 2.19. The van der Waals surface area contributed by atoms with Crippen molar-refractivity contribution in [3.8, 4) is 11.8 Å². The first-order valence-electron chi connectivity index (χ1n) is 7.39. The lowest BCUT2D eigenvalue weighted by Gasteiger charge is -2.11. The number of nitrogens with zero attached hydrogens (tertiary/aromatic N) is 3. The van der Waals surface area contributed by atoms with Crippen LogP contribution in [0.15, 0.2) is 30.3 Å². The standard InChI is InChI=1S/C16H17N5O2/c1-11-13(9-17)15(10-23-16(22)14-7-8-18-19-14)21(20-11)12-5-3-2-4-6-12/h2-6,14,18-19H,7-8,10H2,1H3. The van der Waals surface area contributed by atoms with Gasteiger partial charge in [-0.05, 0) is 25.5 Å². The minimum atomic E-state index is -0.352. The van der Waals surface area contributed by atoms with Crippen LogP contribution in [-0.4, -0.2) is 28.3 Å². The second-order valence-electron chi connectivity index (χ2n) is 5.29. The number of benzene rings is 1. The van der Waals surface area contributed by atoms with E-state index in [1.165, 1.54) is 0 Å². The zero-order valence-corrected chi connectivity index (χ0v) is 12.7. The highest BCUT2D eigenvalue weighted by molar-refractivity contribution is 5.76. The van der Waals surface area contributed by atoms with Gasteiger partial charge in [0, 0.05) is 6.54 Å².